The van der Waals surface area contributed by atoms with Crippen LogP contribution in [0.2, 0.25) is 0 Å². The highest BCUT2D eigenvalue weighted by Gasteiger charge is 2.22. The Hall–Kier alpha value is -0.750. The summed E-state index contributed by atoms with van der Waals surface area (Å²) < 4.78 is 0. The summed E-state index contributed by atoms with van der Waals surface area (Å²) in [5.74, 6) is 0.876. The molecular formula is C8H14N2O3S. The maximum Gasteiger partial charge on any atom is 0.275 e. The average Bonchev–Trinajstić information content (AvgIpc) is 2.56. The first-order valence-electron chi connectivity index (χ1n) is 4.53. The normalized spacial score (nSPS) is 21.6. The van der Waals surface area contributed by atoms with Crippen molar-refractivity contribution in [3.8, 4) is 0 Å². The smallest absolute Gasteiger partial charge is 0.275 e. The van der Waals surface area contributed by atoms with Gasteiger partial charge in [-0.05, 0) is 13.3 Å². The zero-order valence-electron chi connectivity index (χ0n) is 8.02. The molecule has 0 amide bonds. The highest BCUT2D eigenvalue weighted by Crippen LogP contribution is 2.24. The van der Waals surface area contributed by atoms with Crippen molar-refractivity contribution in [3.63, 3.8) is 0 Å². The molecule has 80 valence electrons. The van der Waals surface area contributed by atoms with E-state index in [1.807, 2.05) is 0 Å². The van der Waals surface area contributed by atoms with E-state index >= 15 is 0 Å². The summed E-state index contributed by atoms with van der Waals surface area (Å²) in [5, 5.41) is 23.4. The van der Waals surface area contributed by atoms with Gasteiger partial charge in [-0.2, -0.15) is 0 Å². The molecule has 0 aliphatic carbocycles. The van der Waals surface area contributed by atoms with Crippen molar-refractivity contribution in [1.29, 1.82) is 0 Å². The Morgan fingerprint density at radius 2 is 2.57 bits per heavy atom. The zero-order valence-corrected chi connectivity index (χ0v) is 8.84. The van der Waals surface area contributed by atoms with Gasteiger partial charge in [0.2, 0.25) is 0 Å². The van der Waals surface area contributed by atoms with Gasteiger partial charge in [-0.1, -0.05) is 0 Å². The van der Waals surface area contributed by atoms with Crippen LogP contribution in [0.5, 0.6) is 0 Å². The van der Waals surface area contributed by atoms with E-state index in [0.717, 1.165) is 12.3 Å². The van der Waals surface area contributed by atoms with E-state index in [1.54, 1.807) is 6.92 Å². The Balaban J connectivity index is 2.63. The number of aliphatic hydroxyl groups excluding tert-OH is 1. The Kier molecular flexibility index (Phi) is 4.21. The highest BCUT2D eigenvalue weighted by molar-refractivity contribution is 8.03. The summed E-state index contributed by atoms with van der Waals surface area (Å²) >= 11 is 1.48. The lowest BCUT2D eigenvalue weighted by molar-refractivity contribution is -0.429. The minimum absolute atomic E-state index is 0.202. The zero-order chi connectivity index (χ0) is 10.6. The van der Waals surface area contributed by atoms with Crippen molar-refractivity contribution in [2.75, 3.05) is 12.3 Å². The van der Waals surface area contributed by atoms with Crippen LogP contribution in [0.1, 0.15) is 19.8 Å². The van der Waals surface area contributed by atoms with Crippen LogP contribution in [-0.2, 0) is 0 Å². The summed E-state index contributed by atoms with van der Waals surface area (Å²) in [6.45, 7) is 2.42. The van der Waals surface area contributed by atoms with Crippen LogP contribution in [0.25, 0.3) is 0 Å². The van der Waals surface area contributed by atoms with Crippen molar-refractivity contribution >= 4 is 11.8 Å². The Labute approximate surface area is 86.7 Å². The van der Waals surface area contributed by atoms with Crippen LogP contribution in [0.3, 0.4) is 0 Å². The number of hydrogen-bond donors (Lipinski definition) is 2. The molecule has 5 nitrogen and oxygen atoms in total. The first-order chi connectivity index (χ1) is 6.61. The van der Waals surface area contributed by atoms with Gasteiger partial charge in [0, 0.05) is 18.7 Å². The summed E-state index contributed by atoms with van der Waals surface area (Å²) in [6, 6.07) is 0. The van der Waals surface area contributed by atoms with E-state index in [1.165, 1.54) is 11.8 Å². The molecule has 1 atom stereocenters. The third-order valence-electron chi connectivity index (χ3n) is 1.92. The highest BCUT2D eigenvalue weighted by atomic mass is 32.2. The van der Waals surface area contributed by atoms with E-state index in [-0.39, 0.29) is 10.6 Å². The molecule has 14 heavy (non-hydrogen) atoms. The number of hydrogen-bond acceptors (Lipinski definition) is 5. The Morgan fingerprint density at radius 3 is 3.00 bits per heavy atom. The van der Waals surface area contributed by atoms with Gasteiger partial charge < -0.3 is 10.4 Å². The largest absolute Gasteiger partial charge is 0.393 e. The maximum absolute atomic E-state index is 10.7. The molecule has 0 radical (unpaired) electrons. The summed E-state index contributed by atoms with van der Waals surface area (Å²) in [6.07, 6.45) is 0.263. The van der Waals surface area contributed by atoms with Crippen molar-refractivity contribution < 1.29 is 10.0 Å². The second-order valence-corrected chi connectivity index (χ2v) is 4.30. The Bertz CT molecular complexity index is 245. The molecule has 0 bridgehead atoms. The SMILES string of the molecule is CC(O)CCC(=C1NCCS1)[N+](=O)[O-]. The van der Waals surface area contributed by atoms with Crippen LogP contribution >= 0.6 is 11.8 Å². The van der Waals surface area contributed by atoms with E-state index in [0.29, 0.717) is 17.9 Å². The van der Waals surface area contributed by atoms with Gasteiger partial charge in [-0.3, -0.25) is 10.1 Å². The van der Waals surface area contributed by atoms with Crippen molar-refractivity contribution in [2.45, 2.75) is 25.9 Å². The van der Waals surface area contributed by atoms with Gasteiger partial charge >= 0.3 is 0 Å². The lowest BCUT2D eigenvalue weighted by atomic mass is 10.2. The molecule has 1 fully saturated rings. The molecule has 1 heterocycles. The first kappa shape index (κ1) is 11.3. The predicted molar refractivity (Wildman–Crippen MR) is 55.4 cm³/mol. The molecule has 0 aromatic carbocycles. The minimum Gasteiger partial charge on any atom is -0.393 e. The lowest BCUT2D eigenvalue weighted by Gasteiger charge is -2.04. The quantitative estimate of drug-likeness (QED) is 0.542. The summed E-state index contributed by atoms with van der Waals surface area (Å²) in [5.41, 5.74) is 0.202. The number of nitro groups is 1. The fourth-order valence-corrected chi connectivity index (χ4v) is 2.14. The predicted octanol–water partition coefficient (Wildman–Crippen LogP) is 0.930. The molecule has 2 N–H and O–H groups in total. The van der Waals surface area contributed by atoms with E-state index < -0.39 is 6.10 Å². The lowest BCUT2D eigenvalue weighted by Crippen LogP contribution is -2.13. The average molecular weight is 218 g/mol. The third kappa shape index (κ3) is 3.19. The van der Waals surface area contributed by atoms with E-state index in [9.17, 15) is 10.1 Å². The topological polar surface area (TPSA) is 75.4 Å². The van der Waals surface area contributed by atoms with Crippen LogP contribution in [0, 0.1) is 10.1 Å². The molecule has 1 rings (SSSR count). The van der Waals surface area contributed by atoms with Gasteiger partial charge in [-0.15, -0.1) is 11.8 Å². The van der Waals surface area contributed by atoms with E-state index in [2.05, 4.69) is 5.32 Å². The monoisotopic (exact) mass is 218 g/mol. The number of rotatable bonds is 4. The molecule has 0 aromatic heterocycles. The maximum atomic E-state index is 10.7. The molecule has 1 aliphatic heterocycles. The number of aliphatic hydroxyl groups is 1. The van der Waals surface area contributed by atoms with Gasteiger partial charge in [0.05, 0.1) is 11.0 Å². The number of thioether (sulfide) groups is 1. The summed E-state index contributed by atoms with van der Waals surface area (Å²) in [4.78, 5) is 10.4. The Morgan fingerprint density at radius 1 is 1.86 bits per heavy atom. The molecule has 1 aliphatic rings. The van der Waals surface area contributed by atoms with E-state index in [4.69, 9.17) is 5.11 Å². The number of nitrogens with one attached hydrogen (secondary N) is 1. The molecule has 0 saturated carbocycles. The molecule has 1 saturated heterocycles. The third-order valence-corrected chi connectivity index (χ3v) is 2.99. The molecule has 0 aromatic rings. The van der Waals surface area contributed by atoms with Gasteiger partial charge in [0.15, 0.2) is 0 Å². The number of allylic oxidation sites excluding steroid dienone is 1. The van der Waals surface area contributed by atoms with Gasteiger partial charge in [0.1, 0.15) is 5.03 Å². The molecule has 0 spiro atoms. The minimum atomic E-state index is -0.489. The van der Waals surface area contributed by atoms with Crippen molar-refractivity contribution in [3.05, 3.63) is 20.8 Å². The second kappa shape index (κ2) is 5.21. The van der Waals surface area contributed by atoms with Crippen LogP contribution < -0.4 is 5.32 Å². The fourth-order valence-electron chi connectivity index (χ4n) is 1.19. The summed E-state index contributed by atoms with van der Waals surface area (Å²) in [7, 11) is 0. The standard InChI is InChI=1S/C8H14N2O3S/c1-6(11)2-3-7(10(12)13)8-9-4-5-14-8/h6,9,11H,2-5H2,1H3. The molecule has 6 heteroatoms. The van der Waals surface area contributed by atoms with Gasteiger partial charge in [0.25, 0.3) is 5.70 Å². The fraction of sp³-hybridized carbons (Fsp3) is 0.750. The molecular weight excluding hydrogens is 204 g/mol. The second-order valence-electron chi connectivity index (χ2n) is 3.20. The van der Waals surface area contributed by atoms with Crippen molar-refractivity contribution in [1.82, 2.24) is 5.32 Å². The molecule has 1 unspecified atom stereocenters. The first-order valence-corrected chi connectivity index (χ1v) is 5.52. The number of nitrogens with zero attached hydrogens (tertiary/aromatic N) is 1. The van der Waals surface area contributed by atoms with Crippen LogP contribution in [-0.4, -0.2) is 28.4 Å². The van der Waals surface area contributed by atoms with Crippen molar-refractivity contribution in [2.24, 2.45) is 0 Å². The van der Waals surface area contributed by atoms with Crippen LogP contribution in [0.15, 0.2) is 10.7 Å². The van der Waals surface area contributed by atoms with Crippen LogP contribution in [0.4, 0.5) is 0 Å². The van der Waals surface area contributed by atoms with Gasteiger partial charge in [-0.25, -0.2) is 0 Å².